The summed E-state index contributed by atoms with van der Waals surface area (Å²) >= 11 is 0. The summed E-state index contributed by atoms with van der Waals surface area (Å²) in [6.45, 7) is 3.19. The molecule has 0 saturated carbocycles. The second-order valence-electron chi connectivity index (χ2n) is 9.73. The zero-order valence-corrected chi connectivity index (χ0v) is 24.4. The zero-order valence-electron chi connectivity index (χ0n) is 22.4. The van der Waals surface area contributed by atoms with Crippen molar-refractivity contribution in [1.29, 1.82) is 0 Å². The molecule has 216 valence electrons. The van der Waals surface area contributed by atoms with Crippen LogP contribution in [0.5, 0.6) is 0 Å². The second kappa shape index (κ2) is 11.7. The average molecular weight is 614 g/mol. The first kappa shape index (κ1) is 33.6. The van der Waals surface area contributed by atoms with Gasteiger partial charge in [-0.3, -0.25) is 0 Å². The van der Waals surface area contributed by atoms with Crippen LogP contribution < -0.4 is 51.4 Å². The van der Waals surface area contributed by atoms with Crippen LogP contribution in [0.2, 0.25) is 0 Å². The SMILES string of the molecule is Cc1cc(F)c([B-](c2c(F)cc(C)c(F)c2F)(c2c(F)cc(C)c(F)c2F)c2c(F)cc(C)c(F)c2F)c(F)c1F.[Na+]. The Bertz CT molecular complexity index is 1510. The van der Waals surface area contributed by atoms with E-state index in [1.165, 1.54) is 0 Å². The van der Waals surface area contributed by atoms with Crippen molar-refractivity contribution >= 4 is 28.0 Å². The van der Waals surface area contributed by atoms with Crippen LogP contribution in [0.1, 0.15) is 22.3 Å². The minimum Gasteiger partial charge on any atom is -0.210 e. The quantitative estimate of drug-likeness (QED) is 0.189. The normalized spacial score (nSPS) is 11.6. The summed E-state index contributed by atoms with van der Waals surface area (Å²) in [5.41, 5.74) is -11.8. The van der Waals surface area contributed by atoms with E-state index >= 15 is 35.1 Å². The summed E-state index contributed by atoms with van der Waals surface area (Å²) < 4.78 is 186. The van der Waals surface area contributed by atoms with Crippen LogP contribution in [0.15, 0.2) is 24.3 Å². The van der Waals surface area contributed by atoms with E-state index in [1.807, 2.05) is 0 Å². The molecule has 0 amide bonds. The molecule has 0 bridgehead atoms. The van der Waals surface area contributed by atoms with Gasteiger partial charge in [0, 0.05) is 0 Å². The molecule has 0 saturated heterocycles. The van der Waals surface area contributed by atoms with Gasteiger partial charge in [-0.15, -0.1) is 21.9 Å². The van der Waals surface area contributed by atoms with Gasteiger partial charge in [0.1, 0.15) is 29.4 Å². The maximum atomic E-state index is 15.8. The van der Waals surface area contributed by atoms with E-state index in [9.17, 15) is 17.6 Å². The molecular weight excluding hydrogens is 598 g/mol. The van der Waals surface area contributed by atoms with Gasteiger partial charge < -0.3 is 0 Å². The van der Waals surface area contributed by atoms with Crippen LogP contribution in [0.4, 0.5) is 52.7 Å². The van der Waals surface area contributed by atoms with E-state index in [0.29, 0.717) is 0 Å². The fourth-order valence-electron chi connectivity index (χ4n) is 5.36. The van der Waals surface area contributed by atoms with Crippen molar-refractivity contribution in [2.24, 2.45) is 0 Å². The summed E-state index contributed by atoms with van der Waals surface area (Å²) in [4.78, 5) is 0. The molecule has 4 rings (SSSR count). The summed E-state index contributed by atoms with van der Waals surface area (Å²) in [5, 5.41) is 0. The standard InChI is InChI=1S/C28H16BF12.Na/c1-9-5-13(30)17(25(38)21(9)34)29(18-14(31)6-10(2)22(35)26(18)39,19-15(32)7-11(3)23(36)27(19)40)20-16(33)8-12(4)24(37)28(20)41;/h5-8H,1-4H3;/q-1;+1. The van der Waals surface area contributed by atoms with Crippen LogP contribution >= 0.6 is 0 Å². The molecule has 4 aromatic carbocycles. The minimum absolute atomic E-state index is 0. The Kier molecular flexibility index (Phi) is 9.32. The Hall–Kier alpha value is -2.90. The minimum atomic E-state index is -5.51. The maximum absolute atomic E-state index is 15.8. The van der Waals surface area contributed by atoms with Crippen molar-refractivity contribution in [3.05, 3.63) is 116 Å². The third kappa shape index (κ3) is 4.73. The van der Waals surface area contributed by atoms with Crippen LogP contribution in [-0.4, -0.2) is 6.15 Å². The van der Waals surface area contributed by atoms with Crippen LogP contribution in [0, 0.1) is 97.5 Å². The molecule has 0 aromatic heterocycles. The van der Waals surface area contributed by atoms with Gasteiger partial charge in [-0.05, 0) is 74.2 Å². The predicted molar refractivity (Wildman–Crippen MR) is 129 cm³/mol. The van der Waals surface area contributed by atoms with Crippen molar-refractivity contribution in [2.45, 2.75) is 27.7 Å². The molecule has 0 unspecified atom stereocenters. The van der Waals surface area contributed by atoms with E-state index in [2.05, 4.69) is 0 Å². The van der Waals surface area contributed by atoms with Gasteiger partial charge in [-0.25, -0.2) is 52.7 Å². The molecule has 14 heteroatoms. The largest absolute Gasteiger partial charge is 1.00 e. The topological polar surface area (TPSA) is 0 Å². The van der Waals surface area contributed by atoms with Gasteiger partial charge in [-0.1, -0.05) is 0 Å². The molecule has 4 aromatic rings. The number of halogens is 12. The van der Waals surface area contributed by atoms with E-state index in [1.54, 1.807) is 0 Å². The third-order valence-electron chi connectivity index (χ3n) is 7.24. The molecule has 0 nitrogen and oxygen atoms in total. The van der Waals surface area contributed by atoms with Gasteiger partial charge in [-0.2, -0.15) is 0 Å². The summed E-state index contributed by atoms with van der Waals surface area (Å²) in [6.07, 6.45) is -5.51. The van der Waals surface area contributed by atoms with E-state index in [-0.39, 0.29) is 53.8 Å². The Morgan fingerprint density at radius 2 is 0.500 bits per heavy atom. The number of benzene rings is 4. The van der Waals surface area contributed by atoms with Crippen molar-refractivity contribution in [3.8, 4) is 0 Å². The molecule has 0 aliphatic rings. The Morgan fingerprint density at radius 1 is 0.333 bits per heavy atom. The fraction of sp³-hybridized carbons (Fsp3) is 0.143. The molecule has 0 spiro atoms. The molecule has 0 heterocycles. The molecule has 0 fully saturated rings. The number of hydrogen-bond acceptors (Lipinski definition) is 0. The first-order chi connectivity index (χ1) is 19.0. The third-order valence-corrected chi connectivity index (χ3v) is 7.24. The number of hydrogen-bond donors (Lipinski definition) is 0. The van der Waals surface area contributed by atoms with Crippen molar-refractivity contribution in [1.82, 2.24) is 0 Å². The number of aryl methyl sites for hydroxylation is 4. The van der Waals surface area contributed by atoms with Crippen LogP contribution in [-0.2, 0) is 0 Å². The molecule has 42 heavy (non-hydrogen) atoms. The van der Waals surface area contributed by atoms with Crippen molar-refractivity contribution < 1.29 is 82.2 Å². The maximum Gasteiger partial charge on any atom is 1.00 e. The molecule has 0 atom stereocenters. The van der Waals surface area contributed by atoms with E-state index in [0.717, 1.165) is 27.7 Å². The molecule has 0 N–H and O–H groups in total. The summed E-state index contributed by atoms with van der Waals surface area (Å²) in [5.74, 6) is -26.3. The van der Waals surface area contributed by atoms with Gasteiger partial charge in [0.2, 0.25) is 0 Å². The van der Waals surface area contributed by atoms with Crippen molar-refractivity contribution in [2.75, 3.05) is 0 Å². The van der Waals surface area contributed by atoms with Gasteiger partial charge in [0.15, 0.2) is 23.3 Å². The first-order valence-corrected chi connectivity index (χ1v) is 11.7. The van der Waals surface area contributed by atoms with Gasteiger partial charge in [0.25, 0.3) is 0 Å². The Morgan fingerprint density at radius 3 is 0.667 bits per heavy atom. The fourth-order valence-corrected chi connectivity index (χ4v) is 5.36. The second-order valence-corrected chi connectivity index (χ2v) is 9.73. The van der Waals surface area contributed by atoms with Crippen LogP contribution in [0.25, 0.3) is 0 Å². The van der Waals surface area contributed by atoms with Gasteiger partial charge >= 0.3 is 29.6 Å². The molecule has 0 radical (unpaired) electrons. The average Bonchev–Trinajstić information content (AvgIpc) is 2.87. The summed E-state index contributed by atoms with van der Waals surface area (Å²) in [6, 6.07) is 0.632. The smallest absolute Gasteiger partial charge is 0.210 e. The molecular formula is C28H16BF12Na. The van der Waals surface area contributed by atoms with E-state index < -0.39 is 120 Å². The van der Waals surface area contributed by atoms with Crippen LogP contribution in [0.3, 0.4) is 0 Å². The summed E-state index contributed by atoms with van der Waals surface area (Å²) in [7, 11) is 0. The number of rotatable bonds is 4. The van der Waals surface area contributed by atoms with Gasteiger partial charge in [0.05, 0.1) is 23.3 Å². The Balaban J connectivity index is 0.00000484. The van der Waals surface area contributed by atoms with E-state index in [4.69, 9.17) is 0 Å². The Labute approximate surface area is 253 Å². The molecule has 0 aliphatic heterocycles. The van der Waals surface area contributed by atoms with Crippen molar-refractivity contribution in [3.63, 3.8) is 0 Å². The zero-order chi connectivity index (χ0) is 30.9. The predicted octanol–water partition coefficient (Wildman–Crippen LogP) is 2.97. The molecule has 0 aliphatic carbocycles. The monoisotopic (exact) mass is 614 g/mol. The first-order valence-electron chi connectivity index (χ1n) is 11.7.